The quantitative estimate of drug-likeness (QED) is 0.362. The highest BCUT2D eigenvalue weighted by Crippen LogP contribution is 2.24. The van der Waals surface area contributed by atoms with Gasteiger partial charge in [-0.1, -0.05) is 121 Å². The molecule has 0 aliphatic rings. The molecule has 1 heterocycles. The SMILES string of the molecule is CC.CC.CCCCCCCCc1ccc(-c2cc(-c3ccccc3)n[nH]2)cc1. The minimum atomic E-state index is 0.992. The highest BCUT2D eigenvalue weighted by molar-refractivity contribution is 5.68. The van der Waals surface area contributed by atoms with Gasteiger partial charge in [-0.2, -0.15) is 5.10 Å². The first kappa shape index (κ1) is 24.7. The highest BCUT2D eigenvalue weighted by Gasteiger charge is 2.05. The minimum absolute atomic E-state index is 0.992. The van der Waals surface area contributed by atoms with Crippen LogP contribution in [0.2, 0.25) is 0 Å². The Morgan fingerprint density at radius 2 is 1.31 bits per heavy atom. The molecule has 0 unspecified atom stereocenters. The number of nitrogens with one attached hydrogen (secondary N) is 1. The van der Waals surface area contributed by atoms with Crippen molar-refractivity contribution < 1.29 is 0 Å². The van der Waals surface area contributed by atoms with Crippen LogP contribution in [0.1, 0.15) is 78.7 Å². The van der Waals surface area contributed by atoms with Gasteiger partial charge in [0.25, 0.3) is 0 Å². The number of benzene rings is 2. The maximum atomic E-state index is 4.45. The van der Waals surface area contributed by atoms with Crippen LogP contribution in [-0.2, 0) is 6.42 Å². The van der Waals surface area contributed by atoms with Crippen LogP contribution in [0, 0.1) is 0 Å². The molecule has 2 nitrogen and oxygen atoms in total. The van der Waals surface area contributed by atoms with E-state index in [-0.39, 0.29) is 0 Å². The average Bonchev–Trinajstić information content (AvgIpc) is 3.30. The zero-order valence-corrected chi connectivity index (χ0v) is 19.2. The molecule has 0 aliphatic heterocycles. The second kappa shape index (κ2) is 15.6. The van der Waals surface area contributed by atoms with E-state index in [4.69, 9.17) is 0 Å². The lowest BCUT2D eigenvalue weighted by Crippen LogP contribution is -1.87. The number of unbranched alkanes of at least 4 members (excludes halogenated alkanes) is 5. The fourth-order valence-electron chi connectivity index (χ4n) is 3.19. The number of hydrogen-bond donors (Lipinski definition) is 1. The minimum Gasteiger partial charge on any atom is -0.277 e. The van der Waals surface area contributed by atoms with Crippen molar-refractivity contribution in [3.8, 4) is 22.5 Å². The van der Waals surface area contributed by atoms with Crippen LogP contribution in [0.25, 0.3) is 22.5 Å². The molecule has 0 atom stereocenters. The first-order valence-electron chi connectivity index (χ1n) is 11.6. The van der Waals surface area contributed by atoms with Crippen molar-refractivity contribution in [3.05, 3.63) is 66.2 Å². The third-order valence-electron chi connectivity index (χ3n) is 4.73. The molecular formula is C27H40N2. The summed E-state index contributed by atoms with van der Waals surface area (Å²) in [5.41, 5.74) is 5.84. The zero-order chi connectivity index (χ0) is 21.3. The van der Waals surface area contributed by atoms with Crippen LogP contribution in [0.3, 0.4) is 0 Å². The number of aromatic nitrogens is 2. The molecule has 1 aromatic heterocycles. The number of nitrogens with zero attached hydrogens (tertiary/aromatic N) is 1. The van der Waals surface area contributed by atoms with Crippen molar-refractivity contribution in [2.45, 2.75) is 79.6 Å². The maximum absolute atomic E-state index is 4.45. The second-order valence-electron chi connectivity index (χ2n) is 6.75. The molecule has 29 heavy (non-hydrogen) atoms. The summed E-state index contributed by atoms with van der Waals surface area (Å²) in [6.45, 7) is 10.3. The van der Waals surface area contributed by atoms with Gasteiger partial charge in [0, 0.05) is 5.56 Å². The Bertz CT molecular complexity index is 742. The van der Waals surface area contributed by atoms with Crippen molar-refractivity contribution in [2.24, 2.45) is 0 Å². The van der Waals surface area contributed by atoms with Crippen LogP contribution < -0.4 is 0 Å². The lowest BCUT2D eigenvalue weighted by Gasteiger charge is -2.03. The highest BCUT2D eigenvalue weighted by atomic mass is 15.1. The van der Waals surface area contributed by atoms with Gasteiger partial charge >= 0.3 is 0 Å². The summed E-state index contributed by atoms with van der Waals surface area (Å²) < 4.78 is 0. The predicted octanol–water partition coefficient (Wildman–Crippen LogP) is 8.70. The molecule has 0 aliphatic carbocycles. The van der Waals surface area contributed by atoms with Crippen LogP contribution in [0.5, 0.6) is 0 Å². The Morgan fingerprint density at radius 3 is 1.97 bits per heavy atom. The summed E-state index contributed by atoms with van der Waals surface area (Å²) in [6, 6.07) is 21.3. The monoisotopic (exact) mass is 392 g/mol. The molecule has 0 fully saturated rings. The molecule has 0 saturated carbocycles. The van der Waals surface area contributed by atoms with Crippen LogP contribution in [0.4, 0.5) is 0 Å². The average molecular weight is 393 g/mol. The van der Waals surface area contributed by atoms with E-state index in [1.54, 1.807) is 0 Å². The van der Waals surface area contributed by atoms with E-state index < -0.39 is 0 Å². The van der Waals surface area contributed by atoms with E-state index in [2.05, 4.69) is 59.6 Å². The van der Waals surface area contributed by atoms with Crippen molar-refractivity contribution in [1.82, 2.24) is 10.2 Å². The number of hydrogen-bond acceptors (Lipinski definition) is 1. The van der Waals surface area contributed by atoms with Crippen molar-refractivity contribution in [3.63, 3.8) is 0 Å². The topological polar surface area (TPSA) is 28.7 Å². The standard InChI is InChI=1S/C23H28N2.2C2H6/c1-2-3-4-5-6-8-11-19-14-16-21(17-15-19)23-18-22(24-25-23)20-12-9-7-10-13-20;2*1-2/h7,9-10,12-18H,2-6,8,11H2,1H3,(H,24,25);2*1-2H3. The molecule has 0 amide bonds. The van der Waals surface area contributed by atoms with Crippen LogP contribution in [0.15, 0.2) is 60.7 Å². The summed E-state index contributed by atoms with van der Waals surface area (Å²) in [4.78, 5) is 0. The van der Waals surface area contributed by atoms with E-state index in [1.165, 1.54) is 56.1 Å². The Morgan fingerprint density at radius 1 is 0.690 bits per heavy atom. The van der Waals surface area contributed by atoms with Crippen molar-refractivity contribution in [2.75, 3.05) is 0 Å². The van der Waals surface area contributed by atoms with Gasteiger partial charge < -0.3 is 0 Å². The van der Waals surface area contributed by atoms with Gasteiger partial charge in [-0.3, -0.25) is 5.10 Å². The Balaban J connectivity index is 0.000000989. The number of aromatic amines is 1. The summed E-state index contributed by atoms with van der Waals surface area (Å²) >= 11 is 0. The third-order valence-corrected chi connectivity index (χ3v) is 4.73. The van der Waals surface area contributed by atoms with Gasteiger partial charge in [-0.05, 0) is 30.0 Å². The maximum Gasteiger partial charge on any atom is 0.0927 e. The molecule has 3 aromatic rings. The fourth-order valence-corrected chi connectivity index (χ4v) is 3.19. The predicted molar refractivity (Wildman–Crippen MR) is 129 cm³/mol. The molecule has 3 rings (SSSR count). The van der Waals surface area contributed by atoms with E-state index in [9.17, 15) is 0 Å². The van der Waals surface area contributed by atoms with Crippen LogP contribution >= 0.6 is 0 Å². The molecule has 0 bridgehead atoms. The van der Waals surface area contributed by atoms with Crippen molar-refractivity contribution >= 4 is 0 Å². The molecular weight excluding hydrogens is 352 g/mol. The van der Waals surface area contributed by atoms with Gasteiger partial charge in [0.15, 0.2) is 0 Å². The van der Waals surface area contributed by atoms with E-state index >= 15 is 0 Å². The Kier molecular flexibility index (Phi) is 13.2. The van der Waals surface area contributed by atoms with E-state index in [0.29, 0.717) is 0 Å². The number of rotatable bonds is 9. The van der Waals surface area contributed by atoms with Gasteiger partial charge in [0.2, 0.25) is 0 Å². The Hall–Kier alpha value is -2.35. The van der Waals surface area contributed by atoms with Gasteiger partial charge in [-0.25, -0.2) is 0 Å². The molecule has 2 aromatic carbocycles. The van der Waals surface area contributed by atoms with E-state index in [0.717, 1.165) is 17.0 Å². The smallest absolute Gasteiger partial charge is 0.0927 e. The molecule has 158 valence electrons. The summed E-state index contributed by atoms with van der Waals surface area (Å²) in [5.74, 6) is 0. The first-order chi connectivity index (χ1) is 14.4. The zero-order valence-electron chi connectivity index (χ0n) is 19.2. The number of aryl methyl sites for hydroxylation is 1. The molecule has 0 saturated heterocycles. The summed E-state index contributed by atoms with van der Waals surface area (Å²) in [6.07, 6.45) is 9.30. The molecule has 1 N–H and O–H groups in total. The fraction of sp³-hybridized carbons (Fsp3) is 0.444. The molecule has 0 spiro atoms. The van der Waals surface area contributed by atoms with Crippen molar-refractivity contribution in [1.29, 1.82) is 0 Å². The van der Waals surface area contributed by atoms with Gasteiger partial charge in [-0.15, -0.1) is 0 Å². The second-order valence-corrected chi connectivity index (χ2v) is 6.75. The van der Waals surface area contributed by atoms with Crippen LogP contribution in [-0.4, -0.2) is 10.2 Å². The van der Waals surface area contributed by atoms with Gasteiger partial charge in [0.1, 0.15) is 0 Å². The Labute approximate surface area is 178 Å². The first-order valence-corrected chi connectivity index (χ1v) is 11.6. The molecule has 2 heteroatoms. The molecule has 0 radical (unpaired) electrons. The third kappa shape index (κ3) is 8.68. The number of H-pyrrole nitrogens is 1. The largest absolute Gasteiger partial charge is 0.277 e. The lowest BCUT2D eigenvalue weighted by molar-refractivity contribution is 0.607. The van der Waals surface area contributed by atoms with Gasteiger partial charge in [0.05, 0.1) is 11.4 Å². The summed E-state index contributed by atoms with van der Waals surface area (Å²) in [7, 11) is 0. The summed E-state index contributed by atoms with van der Waals surface area (Å²) in [5, 5.41) is 7.61. The lowest BCUT2D eigenvalue weighted by atomic mass is 10.0. The van der Waals surface area contributed by atoms with E-state index in [1.807, 2.05) is 45.9 Å². The normalized spacial score (nSPS) is 9.83.